The van der Waals surface area contributed by atoms with E-state index in [1.54, 1.807) is 19.2 Å². The number of benzene rings is 1. The van der Waals surface area contributed by atoms with Crippen molar-refractivity contribution in [2.75, 3.05) is 18.5 Å². The number of urea groups is 1. The molecule has 1 aromatic carbocycles. The number of carbonyl (C=O) groups is 2. The van der Waals surface area contributed by atoms with Crippen molar-refractivity contribution in [1.29, 1.82) is 0 Å². The van der Waals surface area contributed by atoms with Gasteiger partial charge in [-0.2, -0.15) is 0 Å². The van der Waals surface area contributed by atoms with Crippen LogP contribution in [0, 0.1) is 5.92 Å². The number of nitrogens with zero attached hydrogens (tertiary/aromatic N) is 1. The molecule has 0 bridgehead atoms. The van der Waals surface area contributed by atoms with Crippen LogP contribution in [0.1, 0.15) is 18.0 Å². The van der Waals surface area contributed by atoms with Crippen molar-refractivity contribution in [3.8, 4) is 0 Å². The Balaban J connectivity index is 2.07. The monoisotopic (exact) mass is 263 g/mol. The molecule has 102 valence electrons. The lowest BCUT2D eigenvalue weighted by Crippen LogP contribution is -2.31. The van der Waals surface area contributed by atoms with Crippen molar-refractivity contribution in [2.24, 2.45) is 11.7 Å². The molecule has 1 aliphatic rings. The molecule has 2 rings (SSSR count). The number of amides is 2. The van der Waals surface area contributed by atoms with E-state index in [9.17, 15) is 9.59 Å². The van der Waals surface area contributed by atoms with Crippen molar-refractivity contribution < 1.29 is 14.7 Å². The van der Waals surface area contributed by atoms with E-state index in [4.69, 9.17) is 10.8 Å². The Labute approximate surface area is 111 Å². The summed E-state index contributed by atoms with van der Waals surface area (Å²) >= 11 is 0. The highest BCUT2D eigenvalue weighted by Crippen LogP contribution is 2.28. The van der Waals surface area contributed by atoms with E-state index in [2.05, 4.69) is 5.32 Å². The normalized spacial score (nSPS) is 22.2. The number of hydrogen-bond acceptors (Lipinski definition) is 3. The third-order valence-corrected chi connectivity index (χ3v) is 3.49. The number of nitrogens with one attached hydrogen (secondary N) is 1. The molecule has 1 saturated heterocycles. The number of primary amides is 1. The van der Waals surface area contributed by atoms with Crippen LogP contribution in [0.5, 0.6) is 0 Å². The maximum atomic E-state index is 11.0. The Hall–Kier alpha value is -2.08. The van der Waals surface area contributed by atoms with Crippen molar-refractivity contribution in [2.45, 2.75) is 12.5 Å². The van der Waals surface area contributed by atoms with Crippen LogP contribution in [0.2, 0.25) is 0 Å². The van der Waals surface area contributed by atoms with Crippen LogP contribution in [0.15, 0.2) is 24.3 Å². The minimum Gasteiger partial charge on any atom is -0.481 e. The van der Waals surface area contributed by atoms with Crippen molar-refractivity contribution in [3.05, 3.63) is 29.8 Å². The van der Waals surface area contributed by atoms with Crippen LogP contribution >= 0.6 is 0 Å². The van der Waals surface area contributed by atoms with E-state index >= 15 is 0 Å². The van der Waals surface area contributed by atoms with Gasteiger partial charge in [-0.15, -0.1) is 0 Å². The highest BCUT2D eigenvalue weighted by atomic mass is 16.4. The Kier molecular flexibility index (Phi) is 3.71. The summed E-state index contributed by atoms with van der Waals surface area (Å²) in [6.07, 6.45) is 0.584. The highest BCUT2D eigenvalue weighted by molar-refractivity contribution is 5.89. The van der Waals surface area contributed by atoms with Gasteiger partial charge in [0.25, 0.3) is 0 Å². The molecule has 1 aromatic rings. The lowest BCUT2D eigenvalue weighted by molar-refractivity contribution is -0.141. The Morgan fingerprint density at radius 1 is 1.37 bits per heavy atom. The highest BCUT2D eigenvalue weighted by Gasteiger charge is 2.29. The number of aliphatic carboxylic acids is 1. The molecule has 0 radical (unpaired) electrons. The third-order valence-electron chi connectivity index (χ3n) is 3.49. The summed E-state index contributed by atoms with van der Waals surface area (Å²) in [6, 6.07) is 6.91. The van der Waals surface area contributed by atoms with Crippen LogP contribution in [-0.2, 0) is 4.79 Å². The van der Waals surface area contributed by atoms with Gasteiger partial charge in [-0.3, -0.25) is 9.69 Å². The molecule has 2 amide bonds. The number of anilines is 1. The van der Waals surface area contributed by atoms with E-state index in [0.29, 0.717) is 18.7 Å². The number of carbonyl (C=O) groups excluding carboxylic acids is 1. The average molecular weight is 263 g/mol. The van der Waals surface area contributed by atoms with Gasteiger partial charge in [-0.05, 0) is 24.1 Å². The summed E-state index contributed by atoms with van der Waals surface area (Å²) in [5.41, 5.74) is 6.92. The van der Waals surface area contributed by atoms with Gasteiger partial charge in [-0.25, -0.2) is 4.79 Å². The van der Waals surface area contributed by atoms with Crippen molar-refractivity contribution in [3.63, 3.8) is 0 Å². The number of rotatable bonds is 3. The second-order valence-electron chi connectivity index (χ2n) is 4.72. The molecule has 0 aromatic heterocycles. The number of hydrogen-bond donors (Lipinski definition) is 3. The lowest BCUT2D eigenvalue weighted by atomic mass is 10.00. The maximum Gasteiger partial charge on any atom is 0.318 e. The summed E-state index contributed by atoms with van der Waals surface area (Å²) in [5.74, 6) is -1.10. The Morgan fingerprint density at radius 3 is 2.47 bits per heavy atom. The Morgan fingerprint density at radius 2 is 2.00 bits per heavy atom. The van der Waals surface area contributed by atoms with E-state index < -0.39 is 12.0 Å². The van der Waals surface area contributed by atoms with E-state index in [1.807, 2.05) is 12.1 Å². The largest absolute Gasteiger partial charge is 0.481 e. The van der Waals surface area contributed by atoms with E-state index in [1.165, 1.54) is 4.90 Å². The molecular weight excluding hydrogens is 246 g/mol. The zero-order valence-corrected chi connectivity index (χ0v) is 10.7. The fraction of sp³-hybridized carbons (Fsp3) is 0.385. The van der Waals surface area contributed by atoms with Gasteiger partial charge in [0.1, 0.15) is 0 Å². The van der Waals surface area contributed by atoms with Gasteiger partial charge in [0.2, 0.25) is 0 Å². The predicted molar refractivity (Wildman–Crippen MR) is 70.9 cm³/mol. The summed E-state index contributed by atoms with van der Waals surface area (Å²) < 4.78 is 0. The summed E-state index contributed by atoms with van der Waals surface area (Å²) in [5, 5.41) is 12.1. The summed E-state index contributed by atoms with van der Waals surface area (Å²) in [4.78, 5) is 23.3. The maximum absolute atomic E-state index is 11.0. The van der Waals surface area contributed by atoms with Crippen LogP contribution in [0.4, 0.5) is 10.5 Å². The molecule has 1 fully saturated rings. The lowest BCUT2D eigenvalue weighted by Gasteiger charge is -2.16. The van der Waals surface area contributed by atoms with Crippen LogP contribution in [-0.4, -0.2) is 30.7 Å². The fourth-order valence-electron chi connectivity index (χ4n) is 2.24. The van der Waals surface area contributed by atoms with Gasteiger partial charge in [0, 0.05) is 25.3 Å². The number of carboxylic acids is 1. The van der Waals surface area contributed by atoms with Gasteiger partial charge < -0.3 is 16.2 Å². The molecule has 0 spiro atoms. The first-order chi connectivity index (χ1) is 8.99. The first-order valence-corrected chi connectivity index (χ1v) is 6.08. The zero-order valence-electron chi connectivity index (χ0n) is 10.7. The second-order valence-corrected chi connectivity index (χ2v) is 4.72. The smallest absolute Gasteiger partial charge is 0.318 e. The number of nitrogens with two attached hydrogens (primary N) is 1. The topological polar surface area (TPSA) is 95.7 Å². The van der Waals surface area contributed by atoms with E-state index in [0.717, 1.165) is 5.56 Å². The summed E-state index contributed by atoms with van der Waals surface area (Å²) in [6.45, 7) is 0.489. The van der Waals surface area contributed by atoms with Crippen molar-refractivity contribution >= 4 is 17.7 Å². The second kappa shape index (κ2) is 5.27. The summed E-state index contributed by atoms with van der Waals surface area (Å²) in [7, 11) is 1.60. The van der Waals surface area contributed by atoms with Gasteiger partial charge in [0.05, 0.1) is 5.92 Å². The zero-order chi connectivity index (χ0) is 14.0. The molecule has 6 heteroatoms. The molecule has 2 atom stereocenters. The standard InChI is InChI=1S/C13H17N3O3/c1-16(13(14)19)10-4-2-8(3-5-10)11-6-9(7-15-11)12(17)18/h2-5,9,11,15H,6-7H2,1H3,(H2,14,19)(H,17,18). The predicted octanol–water partition coefficient (Wildman–Crippen LogP) is 0.937. The molecule has 1 heterocycles. The average Bonchev–Trinajstić information content (AvgIpc) is 2.87. The van der Waals surface area contributed by atoms with Gasteiger partial charge in [0.15, 0.2) is 0 Å². The van der Waals surface area contributed by atoms with Crippen molar-refractivity contribution in [1.82, 2.24) is 5.32 Å². The molecule has 0 saturated carbocycles. The molecule has 0 aliphatic carbocycles. The molecule has 6 nitrogen and oxygen atoms in total. The van der Waals surface area contributed by atoms with E-state index in [-0.39, 0.29) is 12.0 Å². The molecule has 1 aliphatic heterocycles. The molecule has 4 N–H and O–H groups in total. The first kappa shape index (κ1) is 13.4. The molecule has 19 heavy (non-hydrogen) atoms. The van der Waals surface area contributed by atoms with Gasteiger partial charge in [-0.1, -0.05) is 12.1 Å². The third kappa shape index (κ3) is 2.85. The number of carboxylic acid groups (broad SMARTS) is 1. The van der Waals surface area contributed by atoms with Crippen LogP contribution in [0.3, 0.4) is 0 Å². The molecular formula is C13H17N3O3. The first-order valence-electron chi connectivity index (χ1n) is 6.08. The SMILES string of the molecule is CN(C(N)=O)c1ccc(C2CC(C(=O)O)CN2)cc1. The van der Waals surface area contributed by atoms with Crippen LogP contribution in [0.25, 0.3) is 0 Å². The van der Waals surface area contributed by atoms with Gasteiger partial charge >= 0.3 is 12.0 Å². The Bertz CT molecular complexity index is 486. The molecule has 2 unspecified atom stereocenters. The van der Waals surface area contributed by atoms with Crippen LogP contribution < -0.4 is 16.0 Å². The quantitative estimate of drug-likeness (QED) is 0.756. The minimum atomic E-state index is -0.764. The minimum absolute atomic E-state index is 0.0500. The fourth-order valence-corrected chi connectivity index (χ4v) is 2.24.